The van der Waals surface area contributed by atoms with Crippen molar-refractivity contribution in [1.82, 2.24) is 9.97 Å². The van der Waals surface area contributed by atoms with Crippen molar-refractivity contribution >= 4 is 38.9 Å². The first-order valence-corrected chi connectivity index (χ1v) is 10.9. The van der Waals surface area contributed by atoms with E-state index in [0.29, 0.717) is 22.8 Å². The predicted molar refractivity (Wildman–Crippen MR) is 116 cm³/mol. The van der Waals surface area contributed by atoms with Gasteiger partial charge in [0.05, 0.1) is 30.9 Å². The second-order valence-corrected chi connectivity index (χ2v) is 8.22. The van der Waals surface area contributed by atoms with Crippen LogP contribution in [0, 0.1) is 5.82 Å². The Labute approximate surface area is 174 Å². The summed E-state index contributed by atoms with van der Waals surface area (Å²) in [5.41, 5.74) is 1.49. The van der Waals surface area contributed by atoms with E-state index in [-0.39, 0.29) is 18.3 Å². The zero-order valence-electron chi connectivity index (χ0n) is 16.8. The molecule has 2 aromatic carbocycles. The number of para-hydroxylation sites is 2. The molecular weight excluding hydrogens is 409 g/mol. The summed E-state index contributed by atoms with van der Waals surface area (Å²) >= 11 is 0. The highest BCUT2D eigenvalue weighted by Gasteiger charge is 2.19. The van der Waals surface area contributed by atoms with E-state index in [1.807, 2.05) is 0 Å². The van der Waals surface area contributed by atoms with Crippen LogP contribution >= 0.6 is 0 Å². The van der Waals surface area contributed by atoms with E-state index in [9.17, 15) is 12.8 Å². The SMILES string of the molecule is CCN(c1ccccc1Nc1nc(Nc2ccc(OC)cc2)ncc1F)S(C)(=O)=O. The third-order valence-corrected chi connectivity index (χ3v) is 5.46. The van der Waals surface area contributed by atoms with Gasteiger partial charge in [-0.2, -0.15) is 4.98 Å². The maximum Gasteiger partial charge on any atom is 0.232 e. The van der Waals surface area contributed by atoms with Crippen LogP contribution in [0.25, 0.3) is 0 Å². The van der Waals surface area contributed by atoms with Crippen molar-refractivity contribution < 1.29 is 17.5 Å². The van der Waals surface area contributed by atoms with Crippen molar-refractivity contribution in [2.45, 2.75) is 6.92 Å². The molecule has 3 aromatic rings. The molecule has 3 rings (SSSR count). The highest BCUT2D eigenvalue weighted by atomic mass is 32.2. The molecule has 1 aromatic heterocycles. The van der Waals surface area contributed by atoms with Crippen molar-refractivity contribution in [2.75, 3.05) is 34.8 Å². The standard InChI is InChI=1S/C20H22FN5O3S/c1-4-26(30(3,27)28)18-8-6-5-7-17(18)24-19-16(21)13-22-20(25-19)23-14-9-11-15(29-2)12-10-14/h5-13H,4H2,1-3H3,(H2,22,23,24,25). The van der Waals surface area contributed by atoms with Gasteiger partial charge in [0, 0.05) is 12.2 Å². The number of rotatable bonds is 8. The monoisotopic (exact) mass is 431 g/mol. The molecule has 0 aliphatic rings. The number of sulfonamides is 1. The average molecular weight is 431 g/mol. The molecule has 2 N–H and O–H groups in total. The highest BCUT2D eigenvalue weighted by Crippen LogP contribution is 2.30. The van der Waals surface area contributed by atoms with Crippen molar-refractivity contribution in [3.05, 3.63) is 60.5 Å². The van der Waals surface area contributed by atoms with Gasteiger partial charge in [0.2, 0.25) is 16.0 Å². The lowest BCUT2D eigenvalue weighted by atomic mass is 10.2. The van der Waals surface area contributed by atoms with Crippen LogP contribution in [-0.2, 0) is 10.0 Å². The van der Waals surface area contributed by atoms with Crippen LogP contribution < -0.4 is 19.7 Å². The maximum atomic E-state index is 14.4. The summed E-state index contributed by atoms with van der Waals surface area (Å²) in [6.45, 7) is 1.95. The largest absolute Gasteiger partial charge is 0.497 e. The maximum absolute atomic E-state index is 14.4. The van der Waals surface area contributed by atoms with E-state index in [1.54, 1.807) is 62.6 Å². The van der Waals surface area contributed by atoms with E-state index in [2.05, 4.69) is 20.6 Å². The molecule has 0 spiro atoms. The summed E-state index contributed by atoms with van der Waals surface area (Å²) in [4.78, 5) is 8.14. The molecule has 0 aliphatic heterocycles. The quantitative estimate of drug-likeness (QED) is 0.558. The van der Waals surface area contributed by atoms with Crippen LogP contribution in [-0.4, -0.2) is 38.3 Å². The number of hydrogen-bond acceptors (Lipinski definition) is 7. The van der Waals surface area contributed by atoms with Crippen molar-refractivity contribution in [1.29, 1.82) is 0 Å². The fourth-order valence-electron chi connectivity index (χ4n) is 2.83. The average Bonchev–Trinajstić information content (AvgIpc) is 2.72. The molecule has 10 heteroatoms. The molecule has 158 valence electrons. The molecule has 30 heavy (non-hydrogen) atoms. The van der Waals surface area contributed by atoms with Crippen LogP contribution in [0.4, 0.5) is 33.2 Å². The Kier molecular flexibility index (Phi) is 6.36. The summed E-state index contributed by atoms with van der Waals surface area (Å²) in [6, 6.07) is 13.8. The van der Waals surface area contributed by atoms with Crippen LogP contribution in [0.15, 0.2) is 54.7 Å². The summed E-state index contributed by atoms with van der Waals surface area (Å²) in [5.74, 6) is 0.119. The number of halogens is 1. The molecule has 0 saturated carbocycles. The lowest BCUT2D eigenvalue weighted by molar-refractivity contribution is 0.415. The smallest absolute Gasteiger partial charge is 0.232 e. The number of anilines is 5. The molecule has 0 bridgehead atoms. The van der Waals surface area contributed by atoms with Crippen LogP contribution in [0.1, 0.15) is 6.92 Å². The molecule has 0 saturated heterocycles. The fourth-order valence-corrected chi connectivity index (χ4v) is 3.81. The van der Waals surface area contributed by atoms with Crippen LogP contribution in [0.2, 0.25) is 0 Å². The zero-order chi connectivity index (χ0) is 21.7. The summed E-state index contributed by atoms with van der Waals surface area (Å²) in [5, 5.41) is 5.87. The van der Waals surface area contributed by atoms with E-state index in [4.69, 9.17) is 4.74 Å². The number of nitrogens with one attached hydrogen (secondary N) is 2. The van der Waals surface area contributed by atoms with Crippen molar-refractivity contribution in [2.24, 2.45) is 0 Å². The Hall–Kier alpha value is -3.40. The topological polar surface area (TPSA) is 96.4 Å². The summed E-state index contributed by atoms with van der Waals surface area (Å²) in [7, 11) is -1.93. The second kappa shape index (κ2) is 8.95. The Balaban J connectivity index is 1.89. The van der Waals surface area contributed by atoms with Crippen molar-refractivity contribution in [3.8, 4) is 5.75 Å². The van der Waals surface area contributed by atoms with E-state index in [0.717, 1.165) is 12.5 Å². The molecule has 1 heterocycles. The Bertz CT molecular complexity index is 1120. The number of ether oxygens (including phenoxy) is 1. The molecular formula is C20H22FN5O3S. The third kappa shape index (κ3) is 4.95. The Morgan fingerprint density at radius 1 is 1.10 bits per heavy atom. The number of benzene rings is 2. The normalized spacial score (nSPS) is 11.1. The van der Waals surface area contributed by atoms with Gasteiger partial charge >= 0.3 is 0 Å². The van der Waals surface area contributed by atoms with Gasteiger partial charge in [-0.1, -0.05) is 12.1 Å². The first kappa shape index (κ1) is 21.3. The molecule has 0 atom stereocenters. The molecule has 0 aliphatic carbocycles. The highest BCUT2D eigenvalue weighted by molar-refractivity contribution is 7.92. The zero-order valence-corrected chi connectivity index (χ0v) is 17.6. The minimum absolute atomic E-state index is 0.0852. The third-order valence-electron chi connectivity index (χ3n) is 4.20. The second-order valence-electron chi connectivity index (χ2n) is 6.31. The molecule has 8 nitrogen and oxygen atoms in total. The molecule has 0 fully saturated rings. The van der Waals surface area contributed by atoms with Gasteiger partial charge in [-0.05, 0) is 43.3 Å². The van der Waals surface area contributed by atoms with Gasteiger partial charge in [-0.15, -0.1) is 0 Å². The summed E-state index contributed by atoms with van der Waals surface area (Å²) < 4.78 is 45.0. The minimum Gasteiger partial charge on any atom is -0.497 e. The van der Waals surface area contributed by atoms with Gasteiger partial charge < -0.3 is 15.4 Å². The lowest BCUT2D eigenvalue weighted by Crippen LogP contribution is -2.30. The van der Waals surface area contributed by atoms with Gasteiger partial charge in [0.1, 0.15) is 5.75 Å². The Morgan fingerprint density at radius 3 is 2.43 bits per heavy atom. The number of methoxy groups -OCH3 is 1. The summed E-state index contributed by atoms with van der Waals surface area (Å²) in [6.07, 6.45) is 2.16. The number of nitrogens with zero attached hydrogens (tertiary/aromatic N) is 3. The van der Waals surface area contributed by atoms with E-state index in [1.165, 1.54) is 4.31 Å². The Morgan fingerprint density at radius 2 is 1.80 bits per heavy atom. The van der Waals surface area contributed by atoms with Gasteiger partial charge in [-0.25, -0.2) is 17.8 Å². The molecule has 0 radical (unpaired) electrons. The molecule has 0 amide bonds. The van der Waals surface area contributed by atoms with Crippen LogP contribution in [0.3, 0.4) is 0 Å². The van der Waals surface area contributed by atoms with Gasteiger partial charge in [0.25, 0.3) is 0 Å². The van der Waals surface area contributed by atoms with E-state index < -0.39 is 15.8 Å². The van der Waals surface area contributed by atoms with Gasteiger partial charge in [0.15, 0.2) is 11.6 Å². The van der Waals surface area contributed by atoms with Crippen molar-refractivity contribution in [3.63, 3.8) is 0 Å². The van der Waals surface area contributed by atoms with Gasteiger partial charge in [-0.3, -0.25) is 4.31 Å². The van der Waals surface area contributed by atoms with E-state index >= 15 is 0 Å². The predicted octanol–water partition coefficient (Wildman–Crippen LogP) is 3.90. The fraction of sp³-hybridized carbons (Fsp3) is 0.200. The first-order chi connectivity index (χ1) is 14.3. The lowest BCUT2D eigenvalue weighted by Gasteiger charge is -2.23. The number of hydrogen-bond donors (Lipinski definition) is 2. The molecule has 0 unspecified atom stereocenters. The first-order valence-electron chi connectivity index (χ1n) is 9.09. The minimum atomic E-state index is -3.50. The van der Waals surface area contributed by atoms with Crippen LogP contribution in [0.5, 0.6) is 5.75 Å². The number of aromatic nitrogens is 2.